The van der Waals surface area contributed by atoms with E-state index in [0.717, 1.165) is 5.56 Å². The fourth-order valence-electron chi connectivity index (χ4n) is 2.21. The molecule has 0 aromatic carbocycles. The number of rotatable bonds is 8. The molecule has 8 heteroatoms. The number of nitrogens with one attached hydrogen (secondary N) is 2. The SMILES string of the molecule is CONC(=O)c1cncc(C(C=N)C(N)=NCCc2cccnc2)c1. The molecular formula is C17H20N6O2. The van der Waals surface area contributed by atoms with Gasteiger partial charge in [-0.05, 0) is 29.7 Å². The summed E-state index contributed by atoms with van der Waals surface area (Å²) in [7, 11) is 1.35. The zero-order valence-corrected chi connectivity index (χ0v) is 13.8. The molecule has 0 bridgehead atoms. The lowest BCUT2D eigenvalue weighted by atomic mass is 9.99. The predicted octanol–water partition coefficient (Wildman–Crippen LogP) is 1.10. The van der Waals surface area contributed by atoms with Gasteiger partial charge >= 0.3 is 0 Å². The smallest absolute Gasteiger partial charge is 0.276 e. The first-order valence-corrected chi connectivity index (χ1v) is 7.63. The quantitative estimate of drug-likeness (QED) is 0.377. The van der Waals surface area contributed by atoms with Crippen molar-refractivity contribution in [2.24, 2.45) is 10.7 Å². The highest BCUT2D eigenvalue weighted by Gasteiger charge is 2.16. The Labute approximate surface area is 145 Å². The standard InChI is InChI=1S/C17H20N6O2/c1-25-23-17(24)14-7-13(10-21-11-14)15(8-18)16(19)22-6-4-12-3-2-5-20-9-12/h2-3,5,7-11,15,18H,4,6H2,1H3,(H2,19,22)(H,23,24). The van der Waals surface area contributed by atoms with Gasteiger partial charge in [-0.25, -0.2) is 5.48 Å². The van der Waals surface area contributed by atoms with E-state index >= 15 is 0 Å². The first kappa shape index (κ1) is 18.2. The van der Waals surface area contributed by atoms with Crippen LogP contribution in [0.25, 0.3) is 0 Å². The molecule has 1 unspecified atom stereocenters. The van der Waals surface area contributed by atoms with E-state index in [4.69, 9.17) is 11.1 Å². The average molecular weight is 340 g/mol. The van der Waals surface area contributed by atoms with Gasteiger partial charge in [0.2, 0.25) is 0 Å². The highest BCUT2D eigenvalue weighted by Crippen LogP contribution is 2.15. The zero-order chi connectivity index (χ0) is 18.1. The lowest BCUT2D eigenvalue weighted by molar-refractivity contribution is 0.0537. The van der Waals surface area contributed by atoms with Gasteiger partial charge in [0.05, 0.1) is 18.6 Å². The highest BCUT2D eigenvalue weighted by molar-refractivity contribution is 6.01. The van der Waals surface area contributed by atoms with E-state index in [1.807, 2.05) is 12.1 Å². The molecule has 0 saturated heterocycles. The summed E-state index contributed by atoms with van der Waals surface area (Å²) in [6.07, 6.45) is 8.34. The number of amidine groups is 1. The summed E-state index contributed by atoms with van der Waals surface area (Å²) in [5.41, 5.74) is 10.3. The summed E-state index contributed by atoms with van der Waals surface area (Å²) in [5.74, 6) is -0.672. The Hall–Kier alpha value is -3.13. The van der Waals surface area contributed by atoms with Gasteiger partial charge in [0, 0.05) is 37.5 Å². The molecule has 2 rings (SSSR count). The maximum absolute atomic E-state index is 11.8. The minimum Gasteiger partial charge on any atom is -0.387 e. The van der Waals surface area contributed by atoms with E-state index in [1.54, 1.807) is 24.7 Å². The summed E-state index contributed by atoms with van der Waals surface area (Å²) in [6.45, 7) is 0.485. The van der Waals surface area contributed by atoms with Crippen LogP contribution in [0.1, 0.15) is 27.4 Å². The number of amides is 1. The number of pyridine rings is 2. The van der Waals surface area contributed by atoms with Crippen molar-refractivity contribution in [3.05, 3.63) is 59.7 Å². The monoisotopic (exact) mass is 340 g/mol. The first-order chi connectivity index (χ1) is 12.2. The van der Waals surface area contributed by atoms with Gasteiger partial charge in [-0.15, -0.1) is 0 Å². The van der Waals surface area contributed by atoms with Gasteiger partial charge < -0.3 is 11.1 Å². The van der Waals surface area contributed by atoms with E-state index in [-0.39, 0.29) is 0 Å². The number of aliphatic imine (C=N–C) groups is 1. The van der Waals surface area contributed by atoms with Crippen molar-refractivity contribution < 1.29 is 9.63 Å². The van der Waals surface area contributed by atoms with Crippen molar-refractivity contribution in [2.75, 3.05) is 13.7 Å². The second-order valence-electron chi connectivity index (χ2n) is 5.20. The molecule has 2 heterocycles. The number of nitrogens with zero attached hydrogens (tertiary/aromatic N) is 3. The maximum Gasteiger partial charge on any atom is 0.276 e. The van der Waals surface area contributed by atoms with Crippen LogP contribution in [0.15, 0.2) is 48.0 Å². The van der Waals surface area contributed by atoms with Gasteiger partial charge in [0.1, 0.15) is 5.84 Å². The molecule has 0 aliphatic carbocycles. The average Bonchev–Trinajstić information content (AvgIpc) is 2.64. The van der Waals surface area contributed by atoms with E-state index < -0.39 is 11.8 Å². The minimum atomic E-state index is -0.545. The van der Waals surface area contributed by atoms with Crippen LogP contribution >= 0.6 is 0 Å². The molecule has 2 aromatic heterocycles. The molecule has 4 N–H and O–H groups in total. The summed E-state index contributed by atoms with van der Waals surface area (Å²) in [6, 6.07) is 5.44. The van der Waals surface area contributed by atoms with E-state index in [1.165, 1.54) is 19.5 Å². The Kier molecular flexibility index (Phi) is 6.73. The maximum atomic E-state index is 11.8. The summed E-state index contributed by atoms with van der Waals surface area (Å²) in [5, 5.41) is 7.64. The molecule has 25 heavy (non-hydrogen) atoms. The number of nitrogens with two attached hydrogens (primary N) is 1. The number of carbonyl (C=O) groups is 1. The van der Waals surface area contributed by atoms with Gasteiger partial charge in [0.25, 0.3) is 5.91 Å². The second-order valence-corrected chi connectivity index (χ2v) is 5.20. The van der Waals surface area contributed by atoms with E-state index in [9.17, 15) is 4.79 Å². The lowest BCUT2D eigenvalue weighted by Crippen LogP contribution is -2.25. The van der Waals surface area contributed by atoms with Crippen molar-refractivity contribution in [1.82, 2.24) is 15.4 Å². The largest absolute Gasteiger partial charge is 0.387 e. The summed E-state index contributed by atoms with van der Waals surface area (Å²) >= 11 is 0. The molecule has 8 nitrogen and oxygen atoms in total. The number of hydrogen-bond donors (Lipinski definition) is 3. The van der Waals surface area contributed by atoms with Gasteiger partial charge in [0.15, 0.2) is 0 Å². The number of aromatic nitrogens is 2. The molecule has 1 atom stereocenters. The molecule has 0 aliphatic heterocycles. The Balaban J connectivity index is 2.09. The topological polar surface area (TPSA) is 126 Å². The predicted molar refractivity (Wildman–Crippen MR) is 94.7 cm³/mol. The van der Waals surface area contributed by atoms with Crippen molar-refractivity contribution in [1.29, 1.82) is 5.41 Å². The van der Waals surface area contributed by atoms with Crippen molar-refractivity contribution in [2.45, 2.75) is 12.3 Å². The van der Waals surface area contributed by atoms with Crippen LogP contribution in [0.2, 0.25) is 0 Å². The third-order valence-electron chi connectivity index (χ3n) is 3.48. The Morgan fingerprint density at radius 3 is 2.96 bits per heavy atom. The van der Waals surface area contributed by atoms with E-state index in [2.05, 4.69) is 25.3 Å². The van der Waals surface area contributed by atoms with Gasteiger partial charge in [-0.2, -0.15) is 0 Å². The van der Waals surface area contributed by atoms with Crippen molar-refractivity contribution in [3.63, 3.8) is 0 Å². The highest BCUT2D eigenvalue weighted by atomic mass is 16.6. The zero-order valence-electron chi connectivity index (χ0n) is 13.8. The molecular weight excluding hydrogens is 320 g/mol. The Bertz CT molecular complexity index is 748. The van der Waals surface area contributed by atoms with Crippen LogP contribution in [-0.4, -0.2) is 41.6 Å². The fourth-order valence-corrected chi connectivity index (χ4v) is 2.21. The first-order valence-electron chi connectivity index (χ1n) is 7.63. The number of hydrogen-bond acceptors (Lipinski definition) is 6. The Morgan fingerprint density at radius 1 is 1.44 bits per heavy atom. The fraction of sp³-hybridized carbons (Fsp3) is 0.235. The van der Waals surface area contributed by atoms with Crippen LogP contribution in [0.4, 0.5) is 0 Å². The summed E-state index contributed by atoms with van der Waals surface area (Å²) in [4.78, 5) is 28.8. The number of carbonyl (C=O) groups excluding carboxylic acids is 1. The van der Waals surface area contributed by atoms with Crippen molar-refractivity contribution in [3.8, 4) is 0 Å². The molecule has 0 fully saturated rings. The molecule has 130 valence electrons. The molecule has 1 amide bonds. The van der Waals surface area contributed by atoms with Gasteiger partial charge in [-0.1, -0.05) is 6.07 Å². The summed E-state index contributed by atoms with van der Waals surface area (Å²) < 4.78 is 0. The molecule has 2 aromatic rings. The van der Waals surface area contributed by atoms with Crippen LogP contribution in [0.3, 0.4) is 0 Å². The molecule has 0 aliphatic rings. The Morgan fingerprint density at radius 2 is 2.28 bits per heavy atom. The van der Waals surface area contributed by atoms with Crippen molar-refractivity contribution >= 4 is 18.0 Å². The normalized spacial score (nSPS) is 12.4. The lowest BCUT2D eigenvalue weighted by Gasteiger charge is -2.12. The van der Waals surface area contributed by atoms with Gasteiger partial charge in [-0.3, -0.25) is 24.6 Å². The third-order valence-corrected chi connectivity index (χ3v) is 3.48. The molecule has 0 radical (unpaired) electrons. The van der Waals surface area contributed by atoms with Crippen LogP contribution in [0, 0.1) is 5.41 Å². The molecule has 0 spiro atoms. The van der Waals surface area contributed by atoms with Crippen LogP contribution < -0.4 is 11.2 Å². The van der Waals surface area contributed by atoms with E-state index in [0.29, 0.717) is 29.9 Å². The second kappa shape index (κ2) is 9.24. The third kappa shape index (κ3) is 5.18. The molecule has 0 saturated carbocycles. The van der Waals surface area contributed by atoms with Crippen LogP contribution in [-0.2, 0) is 11.3 Å². The van der Waals surface area contributed by atoms with Crippen LogP contribution in [0.5, 0.6) is 0 Å². The minimum absolute atomic E-state index is 0.296. The number of hydroxylamine groups is 1.